The summed E-state index contributed by atoms with van der Waals surface area (Å²) in [6.07, 6.45) is 1.92. The lowest BCUT2D eigenvalue weighted by atomic mass is 9.92. The van der Waals surface area contributed by atoms with Crippen LogP contribution in [0.4, 0.5) is 4.39 Å². The van der Waals surface area contributed by atoms with Gasteiger partial charge >= 0.3 is 0 Å². The van der Waals surface area contributed by atoms with Crippen LogP contribution in [0.3, 0.4) is 0 Å². The normalized spacial score (nSPS) is 15.6. The maximum atomic E-state index is 14.5. The molecule has 0 spiro atoms. The minimum absolute atomic E-state index is 0.0280. The number of hydrogen-bond acceptors (Lipinski definition) is 2. The monoisotopic (exact) mass is 352 g/mol. The lowest BCUT2D eigenvalue weighted by Gasteiger charge is -2.35. The lowest BCUT2D eigenvalue weighted by Crippen LogP contribution is -2.40. The zero-order valence-electron chi connectivity index (χ0n) is 12.1. The van der Waals surface area contributed by atoms with Crippen LogP contribution in [0.25, 0.3) is 0 Å². The third kappa shape index (κ3) is 3.26. The molecule has 0 heterocycles. The Balaban J connectivity index is 2.48. The summed E-state index contributed by atoms with van der Waals surface area (Å²) in [5.74, 6) is -0.471. The Morgan fingerprint density at radius 2 is 2.19 bits per heavy atom. The van der Waals surface area contributed by atoms with Gasteiger partial charge in [0.2, 0.25) is 5.91 Å². The third-order valence-electron chi connectivity index (χ3n) is 3.74. The number of halogens is 2. The predicted octanol–water partition coefficient (Wildman–Crippen LogP) is 3.78. The molecule has 1 atom stereocenters. The van der Waals surface area contributed by atoms with Crippen LogP contribution in [-0.2, 0) is 4.79 Å². The molecule has 0 aromatic heterocycles. The molecule has 5 heteroatoms. The van der Waals surface area contributed by atoms with Gasteiger partial charge in [-0.05, 0) is 24.8 Å². The molecule has 0 radical (unpaired) electrons. The molecular formula is C16H18BrFN2O. The first-order chi connectivity index (χ1) is 10.0. The zero-order valence-corrected chi connectivity index (χ0v) is 13.7. The van der Waals surface area contributed by atoms with E-state index in [9.17, 15) is 9.18 Å². The highest BCUT2D eigenvalue weighted by Crippen LogP contribution is 2.39. The Hall–Kier alpha value is -1.41. The van der Waals surface area contributed by atoms with Gasteiger partial charge in [-0.15, -0.1) is 0 Å². The number of nitrogens with zero attached hydrogens (tertiary/aromatic N) is 2. The molecule has 2 rings (SSSR count). The van der Waals surface area contributed by atoms with E-state index in [1.165, 1.54) is 6.07 Å². The van der Waals surface area contributed by atoms with Crippen LogP contribution in [0.15, 0.2) is 18.2 Å². The number of benzene rings is 1. The third-order valence-corrected chi connectivity index (χ3v) is 4.22. The molecule has 1 aliphatic rings. The molecule has 0 bridgehead atoms. The molecule has 1 aromatic rings. The smallest absolute Gasteiger partial charge is 0.233 e. The van der Waals surface area contributed by atoms with Crippen molar-refractivity contribution in [1.29, 1.82) is 5.26 Å². The fourth-order valence-corrected chi connectivity index (χ4v) is 2.99. The molecule has 0 saturated heterocycles. The Labute approximate surface area is 132 Å². The van der Waals surface area contributed by atoms with Crippen molar-refractivity contribution in [3.63, 3.8) is 0 Å². The van der Waals surface area contributed by atoms with Gasteiger partial charge in [0.25, 0.3) is 0 Å². The summed E-state index contributed by atoms with van der Waals surface area (Å²) in [6.45, 7) is 3.94. The second-order valence-electron chi connectivity index (χ2n) is 5.68. The van der Waals surface area contributed by atoms with Crippen molar-refractivity contribution in [1.82, 2.24) is 4.90 Å². The second-order valence-corrected chi connectivity index (χ2v) is 6.24. The molecule has 21 heavy (non-hydrogen) atoms. The summed E-state index contributed by atoms with van der Waals surface area (Å²) >= 11 is 3.21. The van der Waals surface area contributed by atoms with E-state index in [0.717, 1.165) is 12.8 Å². The Kier molecular flexibility index (Phi) is 5.00. The van der Waals surface area contributed by atoms with Crippen molar-refractivity contribution in [3.05, 3.63) is 35.1 Å². The Bertz CT molecular complexity index is 578. The van der Waals surface area contributed by atoms with Crippen molar-refractivity contribution >= 4 is 21.8 Å². The molecule has 0 N–H and O–H groups in total. The molecule has 0 aliphatic heterocycles. The van der Waals surface area contributed by atoms with Crippen LogP contribution in [0.1, 0.15) is 43.9 Å². The van der Waals surface area contributed by atoms with Crippen LogP contribution in [0.2, 0.25) is 0 Å². The van der Waals surface area contributed by atoms with Crippen LogP contribution < -0.4 is 0 Å². The summed E-state index contributed by atoms with van der Waals surface area (Å²) in [6, 6.07) is 6.54. The number of nitriles is 1. The molecule has 112 valence electrons. The minimum Gasteiger partial charge on any atom is -0.332 e. The van der Waals surface area contributed by atoms with E-state index >= 15 is 0 Å². The number of rotatable bonds is 5. The van der Waals surface area contributed by atoms with Crippen molar-refractivity contribution in [2.75, 3.05) is 5.33 Å². The highest BCUT2D eigenvalue weighted by atomic mass is 79.9. The molecule has 1 aliphatic carbocycles. The van der Waals surface area contributed by atoms with E-state index in [4.69, 9.17) is 5.26 Å². The molecule has 1 saturated carbocycles. The van der Waals surface area contributed by atoms with Gasteiger partial charge in [0.05, 0.1) is 16.9 Å². The van der Waals surface area contributed by atoms with Crippen LogP contribution >= 0.6 is 15.9 Å². The first-order valence-electron chi connectivity index (χ1n) is 7.06. The highest BCUT2D eigenvalue weighted by Gasteiger charge is 2.39. The minimum atomic E-state index is -0.508. The van der Waals surface area contributed by atoms with E-state index in [-0.39, 0.29) is 34.8 Å². The van der Waals surface area contributed by atoms with E-state index < -0.39 is 5.82 Å². The fourth-order valence-electron chi connectivity index (χ4n) is 2.70. The molecule has 1 fully saturated rings. The van der Waals surface area contributed by atoms with E-state index in [1.807, 2.05) is 19.9 Å². The lowest BCUT2D eigenvalue weighted by molar-refractivity contribution is -0.132. The quantitative estimate of drug-likeness (QED) is 0.756. The van der Waals surface area contributed by atoms with E-state index in [1.54, 1.807) is 17.0 Å². The van der Waals surface area contributed by atoms with Crippen molar-refractivity contribution in [2.24, 2.45) is 5.92 Å². The standard InChI is InChI=1S/C16H18BrFN2O/c1-10(2)16(20(12-6-7-12)14(21)8-17)13-5-3-4-11(9-19)15(13)18/h3-5,10,12,16H,6-8H2,1-2H3. The van der Waals surface area contributed by atoms with Crippen molar-refractivity contribution in [2.45, 2.75) is 38.8 Å². The van der Waals surface area contributed by atoms with Gasteiger partial charge in [-0.25, -0.2) is 4.39 Å². The molecule has 1 unspecified atom stereocenters. The fraction of sp³-hybridized carbons (Fsp3) is 0.500. The predicted molar refractivity (Wildman–Crippen MR) is 82.4 cm³/mol. The van der Waals surface area contributed by atoms with Gasteiger partial charge in [-0.2, -0.15) is 5.26 Å². The van der Waals surface area contributed by atoms with Crippen LogP contribution in [0, 0.1) is 23.1 Å². The van der Waals surface area contributed by atoms with Crippen LogP contribution in [-0.4, -0.2) is 22.2 Å². The molecule has 1 amide bonds. The second kappa shape index (κ2) is 6.57. The average Bonchev–Trinajstić information content (AvgIpc) is 3.29. The van der Waals surface area contributed by atoms with Gasteiger partial charge in [-0.3, -0.25) is 4.79 Å². The number of amides is 1. The Morgan fingerprint density at radius 3 is 2.67 bits per heavy atom. The van der Waals surface area contributed by atoms with Gasteiger partial charge in [0.15, 0.2) is 0 Å². The van der Waals surface area contributed by atoms with Gasteiger partial charge < -0.3 is 4.90 Å². The molecule has 3 nitrogen and oxygen atoms in total. The first kappa shape index (κ1) is 16.0. The summed E-state index contributed by atoms with van der Waals surface area (Å²) in [7, 11) is 0. The molecular weight excluding hydrogens is 335 g/mol. The van der Waals surface area contributed by atoms with E-state index in [0.29, 0.717) is 5.56 Å². The summed E-state index contributed by atoms with van der Waals surface area (Å²) in [4.78, 5) is 14.1. The van der Waals surface area contributed by atoms with Crippen molar-refractivity contribution < 1.29 is 9.18 Å². The number of hydrogen-bond donors (Lipinski definition) is 0. The van der Waals surface area contributed by atoms with E-state index in [2.05, 4.69) is 15.9 Å². The zero-order chi connectivity index (χ0) is 15.6. The summed E-state index contributed by atoms with van der Waals surface area (Å²) < 4.78 is 14.5. The maximum Gasteiger partial charge on any atom is 0.233 e. The average molecular weight is 353 g/mol. The first-order valence-corrected chi connectivity index (χ1v) is 8.19. The van der Waals surface area contributed by atoms with Crippen molar-refractivity contribution in [3.8, 4) is 6.07 Å². The Morgan fingerprint density at radius 1 is 1.52 bits per heavy atom. The van der Waals surface area contributed by atoms with Gasteiger partial charge in [0.1, 0.15) is 11.9 Å². The summed E-state index contributed by atoms with van der Waals surface area (Å²) in [5, 5.41) is 9.23. The summed E-state index contributed by atoms with van der Waals surface area (Å²) in [5.41, 5.74) is 0.463. The number of carbonyl (C=O) groups is 1. The highest BCUT2D eigenvalue weighted by molar-refractivity contribution is 9.09. The maximum absolute atomic E-state index is 14.5. The number of alkyl halides is 1. The largest absolute Gasteiger partial charge is 0.332 e. The van der Waals surface area contributed by atoms with Gasteiger partial charge in [-0.1, -0.05) is 41.9 Å². The topological polar surface area (TPSA) is 44.1 Å². The van der Waals surface area contributed by atoms with Gasteiger partial charge in [0, 0.05) is 11.6 Å². The molecule has 1 aromatic carbocycles. The van der Waals surface area contributed by atoms with Crippen LogP contribution in [0.5, 0.6) is 0 Å². The number of carbonyl (C=O) groups excluding carboxylic acids is 1. The SMILES string of the molecule is CC(C)C(c1cccc(C#N)c1F)N(C(=O)CBr)C1CC1.